The zero-order chi connectivity index (χ0) is 18.6. The van der Waals surface area contributed by atoms with Gasteiger partial charge in [-0.15, -0.1) is 0 Å². The Labute approximate surface area is 160 Å². The largest absolute Gasteiger partial charge is 0.487 e. The van der Waals surface area contributed by atoms with Crippen molar-refractivity contribution in [1.29, 1.82) is 0 Å². The lowest BCUT2D eigenvalue weighted by atomic mass is 9.99. The average Bonchev–Trinajstić information content (AvgIpc) is 2.88. The van der Waals surface area contributed by atoms with Crippen molar-refractivity contribution in [3.8, 4) is 5.75 Å². The molecule has 144 valence electrons. The molecule has 2 aliphatic rings. The molecule has 6 heteroatoms. The van der Waals surface area contributed by atoms with Gasteiger partial charge in [-0.1, -0.05) is 18.2 Å². The van der Waals surface area contributed by atoms with Crippen LogP contribution < -0.4 is 10.1 Å². The van der Waals surface area contributed by atoms with Crippen molar-refractivity contribution in [3.63, 3.8) is 0 Å². The van der Waals surface area contributed by atoms with Crippen molar-refractivity contribution in [2.45, 2.75) is 32.8 Å². The summed E-state index contributed by atoms with van der Waals surface area (Å²) < 4.78 is 5.96. The van der Waals surface area contributed by atoms with Crippen molar-refractivity contribution in [3.05, 3.63) is 46.9 Å². The Kier molecular flexibility index (Phi) is 5.55. The van der Waals surface area contributed by atoms with Crippen LogP contribution >= 0.6 is 0 Å². The monoisotopic (exact) mass is 368 g/mol. The number of rotatable bonds is 5. The fourth-order valence-corrected chi connectivity index (χ4v) is 4.07. The second-order valence-electron chi connectivity index (χ2n) is 7.54. The van der Waals surface area contributed by atoms with E-state index in [-0.39, 0.29) is 0 Å². The van der Waals surface area contributed by atoms with E-state index in [0.29, 0.717) is 19.1 Å². The van der Waals surface area contributed by atoms with Gasteiger partial charge in [-0.05, 0) is 43.9 Å². The third-order valence-corrected chi connectivity index (χ3v) is 5.49. The molecule has 1 aromatic heterocycles. The van der Waals surface area contributed by atoms with Crippen LogP contribution in [0, 0.1) is 12.8 Å². The Balaban J connectivity index is 1.47. The number of aliphatic hydroxyl groups excluding tert-OH is 1. The minimum absolute atomic E-state index is 0.294. The molecule has 1 aromatic carbocycles. The Bertz CT molecular complexity index is 796. The van der Waals surface area contributed by atoms with Crippen molar-refractivity contribution in [1.82, 2.24) is 14.9 Å². The summed E-state index contributed by atoms with van der Waals surface area (Å²) in [5.41, 5.74) is 3.28. The lowest BCUT2D eigenvalue weighted by Gasteiger charge is -2.31. The van der Waals surface area contributed by atoms with E-state index < -0.39 is 0 Å². The molecule has 1 atom stereocenters. The predicted molar refractivity (Wildman–Crippen MR) is 105 cm³/mol. The van der Waals surface area contributed by atoms with Crippen LogP contribution in [-0.2, 0) is 13.0 Å². The number of aliphatic hydroxyl groups is 1. The first-order valence-corrected chi connectivity index (χ1v) is 9.87. The topological polar surface area (TPSA) is 70.5 Å². The fraction of sp³-hybridized carbons (Fsp3) is 0.524. The van der Waals surface area contributed by atoms with Gasteiger partial charge in [0.15, 0.2) is 0 Å². The number of aromatic nitrogens is 2. The van der Waals surface area contributed by atoms with Crippen LogP contribution in [0.4, 0.5) is 5.82 Å². The van der Waals surface area contributed by atoms with Gasteiger partial charge in [0.2, 0.25) is 0 Å². The molecule has 4 rings (SSSR count). The number of ether oxygens (including phenoxy) is 1. The highest BCUT2D eigenvalue weighted by atomic mass is 16.5. The molecule has 0 unspecified atom stereocenters. The van der Waals surface area contributed by atoms with Gasteiger partial charge in [0.05, 0.1) is 5.69 Å². The highest BCUT2D eigenvalue weighted by molar-refractivity contribution is 5.52. The van der Waals surface area contributed by atoms with E-state index in [1.807, 2.05) is 25.1 Å². The maximum absolute atomic E-state index is 9.41. The van der Waals surface area contributed by atoms with Crippen LogP contribution in [0.5, 0.6) is 5.75 Å². The highest BCUT2D eigenvalue weighted by Gasteiger charge is 2.21. The number of hydrogen-bond acceptors (Lipinski definition) is 6. The Morgan fingerprint density at radius 3 is 3.07 bits per heavy atom. The number of nitrogens with zero attached hydrogens (tertiary/aromatic N) is 3. The molecule has 2 aromatic rings. The van der Waals surface area contributed by atoms with Crippen LogP contribution in [0.15, 0.2) is 24.3 Å². The molecule has 0 amide bonds. The van der Waals surface area contributed by atoms with Crippen LogP contribution in [0.25, 0.3) is 0 Å². The Hall–Kier alpha value is -2.18. The number of anilines is 1. The smallest absolute Gasteiger partial charge is 0.133 e. The van der Waals surface area contributed by atoms with E-state index in [9.17, 15) is 5.11 Å². The summed E-state index contributed by atoms with van der Waals surface area (Å²) in [5.74, 6) is 3.05. The zero-order valence-corrected chi connectivity index (χ0v) is 15.9. The van der Waals surface area contributed by atoms with Gasteiger partial charge in [-0.2, -0.15) is 0 Å². The number of fused-ring (bicyclic) bond motifs is 2. The lowest BCUT2D eigenvalue weighted by Crippen LogP contribution is -2.39. The Morgan fingerprint density at radius 2 is 2.19 bits per heavy atom. The molecule has 1 saturated heterocycles. The Morgan fingerprint density at radius 1 is 1.30 bits per heavy atom. The minimum atomic E-state index is 0.294. The van der Waals surface area contributed by atoms with Crippen molar-refractivity contribution < 1.29 is 9.84 Å². The molecule has 6 nitrogen and oxygen atoms in total. The number of benzene rings is 1. The van der Waals surface area contributed by atoms with Gasteiger partial charge in [-0.3, -0.25) is 0 Å². The van der Waals surface area contributed by atoms with Gasteiger partial charge >= 0.3 is 0 Å². The van der Waals surface area contributed by atoms with Crippen molar-refractivity contribution in [2.24, 2.45) is 5.92 Å². The first-order valence-electron chi connectivity index (χ1n) is 9.87. The SMILES string of the molecule is Cc1nc2c(c(NCCN3CCC[C@@H](CO)C3)n1)Cc1ccccc1OC2. The van der Waals surface area contributed by atoms with Gasteiger partial charge in [0, 0.05) is 38.2 Å². The normalized spacial score (nSPS) is 19.6. The van der Waals surface area contributed by atoms with E-state index in [1.165, 1.54) is 12.0 Å². The molecule has 0 radical (unpaired) electrons. The summed E-state index contributed by atoms with van der Waals surface area (Å²) in [7, 11) is 0. The fourth-order valence-electron chi connectivity index (χ4n) is 4.07. The maximum atomic E-state index is 9.41. The predicted octanol–water partition coefficient (Wildman–Crippen LogP) is 2.38. The molecular formula is C21H28N4O2. The van der Waals surface area contributed by atoms with E-state index in [4.69, 9.17) is 4.74 Å². The molecule has 2 N–H and O–H groups in total. The molecule has 0 saturated carbocycles. The van der Waals surface area contributed by atoms with Gasteiger partial charge in [-0.25, -0.2) is 9.97 Å². The van der Waals surface area contributed by atoms with Gasteiger partial charge in [0.25, 0.3) is 0 Å². The molecule has 0 spiro atoms. The number of para-hydroxylation sites is 1. The first-order chi connectivity index (χ1) is 13.2. The van der Waals surface area contributed by atoms with Crippen LogP contribution in [-0.4, -0.2) is 52.8 Å². The molecule has 1 fully saturated rings. The zero-order valence-electron chi connectivity index (χ0n) is 15.9. The second-order valence-corrected chi connectivity index (χ2v) is 7.54. The maximum Gasteiger partial charge on any atom is 0.133 e. The third-order valence-electron chi connectivity index (χ3n) is 5.49. The summed E-state index contributed by atoms with van der Waals surface area (Å²) in [4.78, 5) is 11.7. The van der Waals surface area contributed by atoms with E-state index in [0.717, 1.165) is 67.7 Å². The average molecular weight is 368 g/mol. The summed E-state index contributed by atoms with van der Waals surface area (Å²) in [6, 6.07) is 8.17. The van der Waals surface area contributed by atoms with Crippen molar-refractivity contribution >= 4 is 5.82 Å². The van der Waals surface area contributed by atoms with Crippen LogP contribution in [0.2, 0.25) is 0 Å². The number of aryl methyl sites for hydroxylation is 1. The highest BCUT2D eigenvalue weighted by Crippen LogP contribution is 2.30. The standard InChI is InChI=1S/C21H28N4O2/c1-15-23-19-14-27-20-7-3-2-6-17(20)11-18(19)21(24-15)22-8-10-25-9-4-5-16(12-25)13-26/h2-3,6-7,16,26H,4-5,8-14H2,1H3,(H,22,23,24)/t16-/m1/s1. The summed E-state index contributed by atoms with van der Waals surface area (Å²) in [5, 5.41) is 13.0. The number of piperidine rings is 1. The summed E-state index contributed by atoms with van der Waals surface area (Å²) in [6.45, 7) is 6.60. The van der Waals surface area contributed by atoms with Gasteiger partial charge in [0.1, 0.15) is 24.0 Å². The van der Waals surface area contributed by atoms with E-state index >= 15 is 0 Å². The van der Waals surface area contributed by atoms with Crippen LogP contribution in [0.3, 0.4) is 0 Å². The van der Waals surface area contributed by atoms with Gasteiger partial charge < -0.3 is 20.1 Å². The number of likely N-dealkylation sites (tertiary alicyclic amines) is 1. The summed E-state index contributed by atoms with van der Waals surface area (Å²) in [6.07, 6.45) is 3.09. The molecular weight excluding hydrogens is 340 g/mol. The van der Waals surface area contributed by atoms with E-state index in [1.54, 1.807) is 0 Å². The van der Waals surface area contributed by atoms with Crippen LogP contribution in [0.1, 0.15) is 35.5 Å². The third kappa shape index (κ3) is 4.22. The van der Waals surface area contributed by atoms with Crippen molar-refractivity contribution in [2.75, 3.05) is 38.1 Å². The minimum Gasteiger partial charge on any atom is -0.487 e. The van der Waals surface area contributed by atoms with E-state index in [2.05, 4.69) is 26.3 Å². The number of hydrogen-bond donors (Lipinski definition) is 2. The first kappa shape index (κ1) is 18.2. The molecule has 0 bridgehead atoms. The second kappa shape index (κ2) is 8.23. The molecule has 2 aliphatic heterocycles. The molecule has 3 heterocycles. The molecule has 27 heavy (non-hydrogen) atoms. The lowest BCUT2D eigenvalue weighted by molar-refractivity contribution is 0.123. The quantitative estimate of drug-likeness (QED) is 0.844. The number of nitrogens with one attached hydrogen (secondary N) is 1. The molecule has 0 aliphatic carbocycles. The summed E-state index contributed by atoms with van der Waals surface area (Å²) >= 11 is 0.